The topological polar surface area (TPSA) is 34.9 Å². The number of carbonyl (C=O) groups excluding carboxylic acids is 1. The summed E-state index contributed by atoms with van der Waals surface area (Å²) in [6.45, 7) is 4.00. The lowest BCUT2D eigenvalue weighted by Gasteiger charge is -2.04. The molecule has 0 radical (unpaired) electrons. The van der Waals surface area contributed by atoms with E-state index in [-0.39, 0.29) is 5.82 Å². The fourth-order valence-corrected chi connectivity index (χ4v) is 1.91. The molecule has 0 saturated carbocycles. The molecule has 5 heteroatoms. The third-order valence-corrected chi connectivity index (χ3v) is 2.81. The average Bonchev–Trinajstić information content (AvgIpc) is 2.85. The number of rotatable bonds is 3. The average molecular weight is 266 g/mol. The number of aromatic nitrogens is 2. The van der Waals surface area contributed by atoms with Crippen molar-refractivity contribution < 1.29 is 9.18 Å². The van der Waals surface area contributed by atoms with Crippen molar-refractivity contribution in [2.75, 3.05) is 6.26 Å². The number of benzene rings is 1. The van der Waals surface area contributed by atoms with Crippen LogP contribution >= 0.6 is 11.8 Å². The molecular formula is C13H15FN2OS. The van der Waals surface area contributed by atoms with E-state index in [4.69, 9.17) is 0 Å². The van der Waals surface area contributed by atoms with Gasteiger partial charge in [-0.2, -0.15) is 5.10 Å². The van der Waals surface area contributed by atoms with Crippen molar-refractivity contribution in [1.82, 2.24) is 9.78 Å². The molecule has 1 heterocycles. The van der Waals surface area contributed by atoms with Crippen molar-refractivity contribution in [3.8, 4) is 5.69 Å². The Morgan fingerprint density at radius 3 is 2.39 bits per heavy atom. The van der Waals surface area contributed by atoms with Crippen LogP contribution in [0, 0.1) is 5.82 Å². The van der Waals surface area contributed by atoms with E-state index in [0.717, 1.165) is 10.7 Å². The summed E-state index contributed by atoms with van der Waals surface area (Å²) in [6, 6.07) is 7.66. The van der Waals surface area contributed by atoms with E-state index in [0.29, 0.717) is 12.0 Å². The molecule has 0 saturated heterocycles. The largest absolute Gasteiger partial charge is 0.296 e. The van der Waals surface area contributed by atoms with E-state index in [1.165, 1.54) is 23.9 Å². The maximum Gasteiger partial charge on any atom is 0.170 e. The first kappa shape index (κ1) is 14.4. The van der Waals surface area contributed by atoms with Gasteiger partial charge in [-0.1, -0.05) is 13.8 Å². The molecule has 0 aliphatic rings. The summed E-state index contributed by atoms with van der Waals surface area (Å²) in [5.74, 6) is -0.294. The molecule has 0 spiro atoms. The van der Waals surface area contributed by atoms with Gasteiger partial charge in [0.2, 0.25) is 0 Å². The van der Waals surface area contributed by atoms with Gasteiger partial charge in [0.05, 0.1) is 5.69 Å². The van der Waals surface area contributed by atoms with Crippen LogP contribution in [0.2, 0.25) is 0 Å². The highest BCUT2D eigenvalue weighted by Crippen LogP contribution is 2.20. The fourth-order valence-electron chi connectivity index (χ4n) is 1.35. The van der Waals surface area contributed by atoms with Gasteiger partial charge < -0.3 is 0 Å². The molecule has 0 bridgehead atoms. The highest BCUT2D eigenvalue weighted by molar-refractivity contribution is 7.98. The van der Waals surface area contributed by atoms with Gasteiger partial charge in [-0.15, -0.1) is 11.8 Å². The van der Waals surface area contributed by atoms with Gasteiger partial charge >= 0.3 is 0 Å². The first-order chi connectivity index (χ1) is 8.74. The summed E-state index contributed by atoms with van der Waals surface area (Å²) in [7, 11) is 0. The number of nitrogens with zero attached hydrogens (tertiary/aromatic N) is 2. The first-order valence-corrected chi connectivity index (χ1v) is 6.82. The molecule has 0 fully saturated rings. The van der Waals surface area contributed by atoms with Gasteiger partial charge in [-0.3, -0.25) is 4.79 Å². The minimum Gasteiger partial charge on any atom is -0.296 e. The van der Waals surface area contributed by atoms with Crippen LogP contribution in [0.3, 0.4) is 0 Å². The third kappa shape index (κ3) is 3.20. The van der Waals surface area contributed by atoms with Gasteiger partial charge in [-0.25, -0.2) is 9.07 Å². The second-order valence-electron chi connectivity index (χ2n) is 3.12. The molecule has 3 nitrogen and oxygen atoms in total. The van der Waals surface area contributed by atoms with Gasteiger partial charge in [0.15, 0.2) is 6.29 Å². The summed E-state index contributed by atoms with van der Waals surface area (Å²) < 4.78 is 14.4. The lowest BCUT2D eigenvalue weighted by Crippen LogP contribution is -1.98. The molecule has 2 aromatic rings. The van der Waals surface area contributed by atoms with Gasteiger partial charge in [0.1, 0.15) is 16.5 Å². The minimum atomic E-state index is -0.294. The van der Waals surface area contributed by atoms with Crippen LogP contribution in [0.4, 0.5) is 4.39 Å². The summed E-state index contributed by atoms with van der Waals surface area (Å²) in [5.41, 5.74) is 1.10. The molecule has 96 valence electrons. The Balaban J connectivity index is 0.000000771. The Morgan fingerprint density at radius 1 is 1.28 bits per heavy atom. The molecule has 0 unspecified atom stereocenters. The number of aldehydes is 1. The summed E-state index contributed by atoms with van der Waals surface area (Å²) in [4.78, 5) is 10.6. The summed E-state index contributed by atoms with van der Waals surface area (Å²) in [5, 5.41) is 4.95. The molecule has 0 atom stereocenters. The summed E-state index contributed by atoms with van der Waals surface area (Å²) >= 11 is 1.48. The molecule has 0 aliphatic heterocycles. The predicted molar refractivity (Wildman–Crippen MR) is 72.0 cm³/mol. The molecule has 18 heavy (non-hydrogen) atoms. The van der Waals surface area contributed by atoms with Crippen molar-refractivity contribution >= 4 is 18.0 Å². The standard InChI is InChI=1S/C11H9FN2OS.C2H6/c1-16-11-6-9(7-15)13-14(11)10-4-2-8(12)3-5-10;1-2/h2-7H,1H3;1-2H3. The molecule has 2 rings (SSSR count). The van der Waals surface area contributed by atoms with Crippen LogP contribution in [0.5, 0.6) is 0 Å². The Hall–Kier alpha value is -1.62. The highest BCUT2D eigenvalue weighted by atomic mass is 32.2. The van der Waals surface area contributed by atoms with Crippen LogP contribution in [-0.4, -0.2) is 22.3 Å². The van der Waals surface area contributed by atoms with Gasteiger partial charge in [0, 0.05) is 6.07 Å². The minimum absolute atomic E-state index is 0.294. The smallest absolute Gasteiger partial charge is 0.170 e. The molecule has 1 aromatic heterocycles. The third-order valence-electron chi connectivity index (χ3n) is 2.10. The van der Waals surface area contributed by atoms with E-state index < -0.39 is 0 Å². The first-order valence-electron chi connectivity index (χ1n) is 5.60. The Kier molecular flexibility index (Phi) is 5.58. The maximum atomic E-state index is 12.8. The van der Waals surface area contributed by atoms with Crippen LogP contribution in [0.1, 0.15) is 24.3 Å². The van der Waals surface area contributed by atoms with Crippen molar-refractivity contribution in [2.45, 2.75) is 18.9 Å². The van der Waals surface area contributed by atoms with Crippen LogP contribution in [0.15, 0.2) is 35.4 Å². The zero-order valence-corrected chi connectivity index (χ0v) is 11.4. The number of hydrogen-bond acceptors (Lipinski definition) is 3. The van der Waals surface area contributed by atoms with Crippen LogP contribution < -0.4 is 0 Å². The number of hydrogen-bond donors (Lipinski definition) is 0. The second kappa shape index (κ2) is 6.96. The zero-order chi connectivity index (χ0) is 13.5. The quantitative estimate of drug-likeness (QED) is 0.629. The molecular weight excluding hydrogens is 251 g/mol. The van der Waals surface area contributed by atoms with Crippen molar-refractivity contribution in [3.05, 3.63) is 41.8 Å². The fraction of sp³-hybridized carbons (Fsp3) is 0.231. The number of carbonyl (C=O) groups is 1. The predicted octanol–water partition coefficient (Wildman–Crippen LogP) is 3.57. The van der Waals surface area contributed by atoms with E-state index >= 15 is 0 Å². The van der Waals surface area contributed by atoms with E-state index in [2.05, 4.69) is 5.10 Å². The second-order valence-corrected chi connectivity index (χ2v) is 3.94. The SMILES string of the molecule is CC.CSc1cc(C=O)nn1-c1ccc(F)cc1. The van der Waals surface area contributed by atoms with Gasteiger partial charge in [-0.05, 0) is 30.5 Å². The highest BCUT2D eigenvalue weighted by Gasteiger charge is 2.08. The zero-order valence-electron chi connectivity index (χ0n) is 10.6. The van der Waals surface area contributed by atoms with E-state index in [1.54, 1.807) is 22.9 Å². The van der Waals surface area contributed by atoms with Crippen LogP contribution in [0.25, 0.3) is 5.69 Å². The number of thioether (sulfide) groups is 1. The van der Waals surface area contributed by atoms with Crippen molar-refractivity contribution in [3.63, 3.8) is 0 Å². The maximum absolute atomic E-state index is 12.8. The Bertz CT molecular complexity index is 508. The molecule has 0 N–H and O–H groups in total. The summed E-state index contributed by atoms with van der Waals surface area (Å²) in [6.07, 6.45) is 2.59. The molecule has 0 aliphatic carbocycles. The lowest BCUT2D eigenvalue weighted by atomic mass is 10.3. The normalized spacial score (nSPS) is 9.56. The van der Waals surface area contributed by atoms with Crippen LogP contribution in [-0.2, 0) is 0 Å². The van der Waals surface area contributed by atoms with Crippen molar-refractivity contribution in [1.29, 1.82) is 0 Å². The Labute approximate surface area is 110 Å². The monoisotopic (exact) mass is 266 g/mol. The van der Waals surface area contributed by atoms with E-state index in [1.807, 2.05) is 20.1 Å². The molecule has 1 aromatic carbocycles. The Morgan fingerprint density at radius 2 is 1.89 bits per heavy atom. The van der Waals surface area contributed by atoms with E-state index in [9.17, 15) is 9.18 Å². The lowest BCUT2D eigenvalue weighted by molar-refractivity contribution is 0.111. The van der Waals surface area contributed by atoms with Crippen molar-refractivity contribution in [2.24, 2.45) is 0 Å². The number of halogens is 1. The van der Waals surface area contributed by atoms with Gasteiger partial charge in [0.25, 0.3) is 0 Å². The molecule has 0 amide bonds.